The molecular weight excluding hydrogens is 519 g/mol. The Hall–Kier alpha value is -4.89. The van der Waals surface area contributed by atoms with Crippen LogP contribution in [0.1, 0.15) is 12.5 Å². The van der Waals surface area contributed by atoms with E-state index in [1.807, 2.05) is 42.6 Å². The van der Waals surface area contributed by atoms with Crippen LogP contribution in [0.25, 0.3) is 34.1 Å². The highest BCUT2D eigenvalue weighted by Gasteiger charge is 2.15. The molecule has 0 bridgehead atoms. The molecule has 3 aromatic heterocycles. The van der Waals surface area contributed by atoms with Gasteiger partial charge < -0.3 is 10.1 Å². The summed E-state index contributed by atoms with van der Waals surface area (Å²) in [5.74, 6) is -0.150. The number of rotatable bonds is 8. The third-order valence-electron chi connectivity index (χ3n) is 5.65. The summed E-state index contributed by atoms with van der Waals surface area (Å²) in [5.41, 5.74) is 4.68. The van der Waals surface area contributed by atoms with Crippen molar-refractivity contribution in [2.45, 2.75) is 6.92 Å². The van der Waals surface area contributed by atoms with E-state index in [4.69, 9.17) is 21.3 Å². The highest BCUT2D eigenvalue weighted by atomic mass is 35.5. The molecule has 0 aliphatic rings. The number of nitrogens with one attached hydrogen (secondary N) is 1. The van der Waals surface area contributed by atoms with Crippen LogP contribution < -0.4 is 5.32 Å². The highest BCUT2D eigenvalue weighted by molar-refractivity contribution is 6.31. The van der Waals surface area contributed by atoms with Crippen molar-refractivity contribution in [1.82, 2.24) is 24.7 Å². The van der Waals surface area contributed by atoms with Gasteiger partial charge >= 0.3 is 5.97 Å². The summed E-state index contributed by atoms with van der Waals surface area (Å²) in [7, 11) is 0. The molecule has 0 atom stereocenters. The predicted molar refractivity (Wildman–Crippen MR) is 148 cm³/mol. The van der Waals surface area contributed by atoms with Crippen LogP contribution in [-0.2, 0) is 9.53 Å². The molecule has 5 rings (SSSR count). The molecule has 3 heterocycles. The van der Waals surface area contributed by atoms with Crippen LogP contribution in [-0.4, -0.2) is 37.3 Å². The topological polar surface area (TPSA) is 94.8 Å². The fourth-order valence-electron chi connectivity index (χ4n) is 3.81. The van der Waals surface area contributed by atoms with E-state index < -0.39 is 11.8 Å². The smallest absolute Gasteiger partial charge is 0.330 e. The molecule has 194 valence electrons. The molecule has 8 nitrogen and oxygen atoms in total. The number of carbonyl (C=O) groups is 1. The van der Waals surface area contributed by atoms with E-state index in [0.29, 0.717) is 23.7 Å². The van der Waals surface area contributed by atoms with Crippen molar-refractivity contribution in [3.63, 3.8) is 0 Å². The molecule has 0 fully saturated rings. The summed E-state index contributed by atoms with van der Waals surface area (Å²) in [5, 5.41) is 7.61. The van der Waals surface area contributed by atoms with Crippen molar-refractivity contribution in [3.8, 4) is 28.1 Å². The predicted octanol–water partition coefficient (Wildman–Crippen LogP) is 6.50. The van der Waals surface area contributed by atoms with E-state index in [-0.39, 0.29) is 11.0 Å². The summed E-state index contributed by atoms with van der Waals surface area (Å²) in [6.07, 6.45) is 11.8. The SMILES string of the molecule is CCOC(=O)C=Cc1cccc(-c2cnc(Nc3ccc(F)c(Cl)c3)nc2-n2cc(-c3ccncc3)cn2)c1. The first-order valence-electron chi connectivity index (χ1n) is 12.0. The van der Waals surface area contributed by atoms with E-state index in [1.165, 1.54) is 18.2 Å². The zero-order chi connectivity index (χ0) is 27.2. The van der Waals surface area contributed by atoms with E-state index in [2.05, 4.69) is 20.4 Å². The number of anilines is 2. The first-order chi connectivity index (χ1) is 19.0. The number of carbonyl (C=O) groups excluding carboxylic acids is 1. The lowest BCUT2D eigenvalue weighted by molar-refractivity contribution is -0.137. The number of hydrogen-bond donors (Lipinski definition) is 1. The Morgan fingerprint density at radius 3 is 2.72 bits per heavy atom. The van der Waals surface area contributed by atoms with Crippen LogP contribution in [0.4, 0.5) is 16.0 Å². The molecule has 0 radical (unpaired) electrons. The molecule has 0 spiro atoms. The monoisotopic (exact) mass is 540 g/mol. The van der Waals surface area contributed by atoms with Crippen LogP contribution in [0.2, 0.25) is 5.02 Å². The van der Waals surface area contributed by atoms with Gasteiger partial charge in [0.1, 0.15) is 5.82 Å². The van der Waals surface area contributed by atoms with Crippen molar-refractivity contribution in [1.29, 1.82) is 0 Å². The molecule has 10 heteroatoms. The lowest BCUT2D eigenvalue weighted by Crippen LogP contribution is -2.06. The quantitative estimate of drug-likeness (QED) is 0.177. The second kappa shape index (κ2) is 11.7. The molecule has 0 unspecified atom stereocenters. The minimum Gasteiger partial charge on any atom is -0.463 e. The van der Waals surface area contributed by atoms with Gasteiger partial charge in [-0.05, 0) is 66.1 Å². The number of benzene rings is 2. The van der Waals surface area contributed by atoms with Gasteiger partial charge in [0.2, 0.25) is 5.95 Å². The van der Waals surface area contributed by atoms with Crippen LogP contribution in [0.15, 0.2) is 91.7 Å². The van der Waals surface area contributed by atoms with Gasteiger partial charge in [-0.1, -0.05) is 29.8 Å². The summed E-state index contributed by atoms with van der Waals surface area (Å²) < 4.78 is 20.3. The number of pyridine rings is 1. The summed E-state index contributed by atoms with van der Waals surface area (Å²) in [6.45, 7) is 2.06. The summed E-state index contributed by atoms with van der Waals surface area (Å²) in [4.78, 5) is 25.1. The molecule has 2 aromatic carbocycles. The van der Waals surface area contributed by atoms with Crippen LogP contribution in [0, 0.1) is 5.82 Å². The standard InChI is InChI=1S/C29H22ClFN6O2/c1-2-39-27(38)9-6-19-4-3-5-21(14-19)24-17-33-29(35-23-7-8-26(31)25(30)15-23)36-28(24)37-18-22(16-34-37)20-10-12-32-13-11-20/h3-18H,2H2,1H3,(H,33,35,36). The molecule has 39 heavy (non-hydrogen) atoms. The van der Waals surface area contributed by atoms with E-state index in [9.17, 15) is 9.18 Å². The van der Waals surface area contributed by atoms with Gasteiger partial charge in [-0.3, -0.25) is 4.98 Å². The second-order valence-electron chi connectivity index (χ2n) is 8.31. The summed E-state index contributed by atoms with van der Waals surface area (Å²) >= 11 is 5.94. The van der Waals surface area contributed by atoms with Gasteiger partial charge in [-0.2, -0.15) is 10.1 Å². The normalized spacial score (nSPS) is 11.1. The molecular formula is C29H22ClFN6O2. The fraction of sp³-hybridized carbons (Fsp3) is 0.0690. The molecule has 0 amide bonds. The maximum atomic E-state index is 13.6. The first-order valence-corrected chi connectivity index (χ1v) is 12.4. The maximum absolute atomic E-state index is 13.6. The second-order valence-corrected chi connectivity index (χ2v) is 8.71. The Bertz CT molecular complexity index is 1660. The number of aromatic nitrogens is 5. The van der Waals surface area contributed by atoms with Gasteiger partial charge in [-0.15, -0.1) is 0 Å². The van der Waals surface area contributed by atoms with Gasteiger partial charge in [0.25, 0.3) is 0 Å². The zero-order valence-electron chi connectivity index (χ0n) is 20.8. The summed E-state index contributed by atoms with van der Waals surface area (Å²) in [6, 6.07) is 15.7. The molecule has 0 saturated heterocycles. The minimum atomic E-state index is -0.517. The largest absolute Gasteiger partial charge is 0.463 e. The number of halogens is 2. The third kappa shape index (κ3) is 6.16. The molecule has 0 saturated carbocycles. The van der Waals surface area contributed by atoms with Gasteiger partial charge in [0, 0.05) is 47.7 Å². The molecule has 5 aromatic rings. The molecule has 1 N–H and O–H groups in total. The first kappa shape index (κ1) is 25.7. The average Bonchev–Trinajstić information content (AvgIpc) is 3.45. The number of ether oxygens (including phenoxy) is 1. The Morgan fingerprint density at radius 1 is 1.08 bits per heavy atom. The van der Waals surface area contributed by atoms with E-state index in [1.54, 1.807) is 48.5 Å². The van der Waals surface area contributed by atoms with Crippen molar-refractivity contribution in [3.05, 3.63) is 108 Å². The average molecular weight is 541 g/mol. The number of hydrogen-bond acceptors (Lipinski definition) is 7. The maximum Gasteiger partial charge on any atom is 0.330 e. The highest BCUT2D eigenvalue weighted by Crippen LogP contribution is 2.29. The van der Waals surface area contributed by atoms with Crippen LogP contribution in [0.3, 0.4) is 0 Å². The van der Waals surface area contributed by atoms with E-state index in [0.717, 1.165) is 22.3 Å². The van der Waals surface area contributed by atoms with Crippen molar-refractivity contribution in [2.75, 3.05) is 11.9 Å². The van der Waals surface area contributed by atoms with Crippen LogP contribution >= 0.6 is 11.6 Å². The third-order valence-corrected chi connectivity index (χ3v) is 5.94. The van der Waals surface area contributed by atoms with Crippen molar-refractivity contribution >= 4 is 35.3 Å². The Kier molecular flexibility index (Phi) is 7.70. The lowest BCUT2D eigenvalue weighted by atomic mass is 10.0. The number of nitrogens with zero attached hydrogens (tertiary/aromatic N) is 5. The van der Waals surface area contributed by atoms with Crippen LogP contribution in [0.5, 0.6) is 0 Å². The zero-order valence-corrected chi connectivity index (χ0v) is 21.5. The van der Waals surface area contributed by atoms with Gasteiger partial charge in [0.15, 0.2) is 5.82 Å². The lowest BCUT2D eigenvalue weighted by Gasteiger charge is -2.12. The fourth-order valence-corrected chi connectivity index (χ4v) is 3.99. The Balaban J connectivity index is 1.55. The Morgan fingerprint density at radius 2 is 1.92 bits per heavy atom. The van der Waals surface area contributed by atoms with Crippen molar-refractivity contribution in [2.24, 2.45) is 0 Å². The van der Waals surface area contributed by atoms with Crippen molar-refractivity contribution < 1.29 is 13.9 Å². The van der Waals surface area contributed by atoms with E-state index >= 15 is 0 Å². The number of esters is 1. The minimum absolute atomic E-state index is 0.0152. The Labute approximate surface area is 228 Å². The van der Waals surface area contributed by atoms with Gasteiger partial charge in [0.05, 0.1) is 17.8 Å². The molecule has 0 aliphatic carbocycles. The van der Waals surface area contributed by atoms with Gasteiger partial charge in [-0.25, -0.2) is 18.9 Å². The molecule has 0 aliphatic heterocycles.